The molecule has 10 rings (SSSR count). The normalized spacial score (nSPS) is 32.9. The van der Waals surface area contributed by atoms with Crippen molar-refractivity contribution in [1.29, 1.82) is 0 Å². The molecule has 16 unspecified atom stereocenters. The maximum Gasteiger partial charge on any atom is 0.312 e. The molecule has 10 aliphatic rings. The average molecular weight is 1160 g/mol. The first kappa shape index (κ1) is 68.3. The van der Waals surface area contributed by atoms with Gasteiger partial charge in [0.15, 0.2) is 0 Å². The molecule has 0 saturated carbocycles. The van der Waals surface area contributed by atoms with Crippen LogP contribution in [0.3, 0.4) is 0 Å². The second kappa shape index (κ2) is 37.7. The van der Waals surface area contributed by atoms with E-state index in [0.717, 1.165) is 50.4 Å². The van der Waals surface area contributed by atoms with E-state index in [-0.39, 0.29) is 120 Å². The molecule has 4 saturated heterocycles. The molecule has 4 fully saturated rings. The lowest BCUT2D eigenvalue weighted by Gasteiger charge is -2.19. The third kappa shape index (κ3) is 21.2. The molecule has 0 aromatic heterocycles. The standard InChI is InChI=1S/C20H34O3.C18H30O3.C14H22O3.C12H18O3.C7H8/c1-3-4-5-6-7-8-9-10-11-12-15-22-20(21)19-16(2)17-13-14-18(19)23-17;1-3-4-5-6-7-8-9-10-13-20-18(19)17-14(2)15-11-12-16(17)21-15;1-3-4-5-6-9-16-14(15)13-10(2)11-7-8-12(13)17-11;1-3-4-7-14-12(13)11-8(2)9-5-6-10(11)15-9;1-2-7-4-3-6(1)5-7/h13-14,16-19H,3-12,15H2,1-2H3;11-12,14-17H,3-10,13H2,1-2H3;7-8,10-13H,3-6,9H2,1-2H3;5-6,8-11H,3-4,7H2,1-2H3;1-4,6-7H,5H2. The molecular formula is C71H112O12. The van der Waals surface area contributed by atoms with E-state index in [9.17, 15) is 19.2 Å². The predicted octanol–water partition coefficient (Wildman–Crippen LogP) is 15.7. The van der Waals surface area contributed by atoms with E-state index in [2.05, 4.69) is 97.9 Å². The van der Waals surface area contributed by atoms with Crippen LogP contribution in [0.25, 0.3) is 0 Å². The highest BCUT2D eigenvalue weighted by atomic mass is 16.6. The summed E-state index contributed by atoms with van der Waals surface area (Å²) in [6.07, 6.45) is 56.7. The first-order valence-electron chi connectivity index (χ1n) is 33.8. The first-order chi connectivity index (χ1) is 40.4. The van der Waals surface area contributed by atoms with Crippen molar-refractivity contribution in [3.05, 3.63) is 72.9 Å². The molecule has 12 heteroatoms. The van der Waals surface area contributed by atoms with Crippen molar-refractivity contribution in [2.45, 2.75) is 265 Å². The Morgan fingerprint density at radius 3 is 0.699 bits per heavy atom. The Hall–Kier alpha value is -3.84. The van der Waals surface area contributed by atoms with Crippen LogP contribution in [0, 0.1) is 59.2 Å². The number of esters is 4. The van der Waals surface area contributed by atoms with Gasteiger partial charge in [-0.25, -0.2) is 0 Å². The summed E-state index contributed by atoms with van der Waals surface area (Å²) >= 11 is 0. The van der Waals surface area contributed by atoms with E-state index < -0.39 is 0 Å². The Morgan fingerprint density at radius 1 is 0.289 bits per heavy atom. The third-order valence-corrected chi connectivity index (χ3v) is 18.8. The molecule has 0 radical (unpaired) electrons. The van der Waals surface area contributed by atoms with E-state index in [1.54, 1.807) is 0 Å². The van der Waals surface area contributed by atoms with Gasteiger partial charge in [-0.2, -0.15) is 0 Å². The Morgan fingerprint density at radius 2 is 0.494 bits per heavy atom. The molecule has 12 nitrogen and oxygen atoms in total. The predicted molar refractivity (Wildman–Crippen MR) is 329 cm³/mol. The second-order valence-electron chi connectivity index (χ2n) is 25.4. The van der Waals surface area contributed by atoms with Gasteiger partial charge < -0.3 is 37.9 Å². The lowest BCUT2D eigenvalue weighted by atomic mass is 9.84. The van der Waals surface area contributed by atoms with Crippen LogP contribution in [0.1, 0.15) is 216 Å². The lowest BCUT2D eigenvalue weighted by molar-refractivity contribution is -0.151. The van der Waals surface area contributed by atoms with Crippen LogP contribution >= 0.6 is 0 Å². The highest BCUT2D eigenvalue weighted by molar-refractivity contribution is 5.76. The van der Waals surface area contributed by atoms with Crippen molar-refractivity contribution in [2.24, 2.45) is 59.2 Å². The highest BCUT2D eigenvalue weighted by Gasteiger charge is 2.51. The molecule has 0 N–H and O–H groups in total. The molecule has 0 amide bonds. The van der Waals surface area contributed by atoms with Crippen molar-refractivity contribution >= 4 is 23.9 Å². The smallest absolute Gasteiger partial charge is 0.312 e. The molecule has 8 aliphatic heterocycles. The Kier molecular flexibility index (Phi) is 31.0. The van der Waals surface area contributed by atoms with E-state index in [1.807, 2.05) is 30.4 Å². The number of allylic oxidation sites excluding steroid dienone is 4. The molecule has 468 valence electrons. The number of fused-ring (bicyclic) bond motifs is 10. The molecular weight excluding hydrogens is 1040 g/mol. The van der Waals surface area contributed by atoms with Crippen LogP contribution in [-0.2, 0) is 57.1 Å². The van der Waals surface area contributed by atoms with Crippen molar-refractivity contribution in [1.82, 2.24) is 0 Å². The summed E-state index contributed by atoms with van der Waals surface area (Å²) in [5, 5.41) is 0. The summed E-state index contributed by atoms with van der Waals surface area (Å²) in [5.74, 6) is 2.00. The van der Waals surface area contributed by atoms with Gasteiger partial charge in [0.05, 0.1) is 98.9 Å². The molecule has 0 spiro atoms. The van der Waals surface area contributed by atoms with Crippen LogP contribution < -0.4 is 0 Å². The van der Waals surface area contributed by atoms with Gasteiger partial charge in [0, 0.05) is 23.7 Å². The fraction of sp³-hybridized carbons (Fsp3) is 0.775. The summed E-state index contributed by atoms with van der Waals surface area (Å²) in [5.41, 5.74) is 0. The summed E-state index contributed by atoms with van der Waals surface area (Å²) in [7, 11) is 0. The number of carbonyl (C=O) groups excluding carboxylic acids is 4. The van der Waals surface area contributed by atoms with Gasteiger partial charge >= 0.3 is 23.9 Å². The number of ether oxygens (including phenoxy) is 8. The SMILES string of the molecule is C1=CC2C=CC1C2.CCCCCCCCCCCCOC(=O)C1C2C=CC(O2)C1C.CCCCCCCCCCOC(=O)C1C2C=CC(O2)C1C.CCCCCCOC(=O)C1C2C=CC(O2)C1C.CCCCOC(=O)C1C2C=CC(O2)C1C. The van der Waals surface area contributed by atoms with Gasteiger partial charge in [0.2, 0.25) is 0 Å². The highest BCUT2D eigenvalue weighted by Crippen LogP contribution is 2.42. The van der Waals surface area contributed by atoms with Crippen molar-refractivity contribution in [3.63, 3.8) is 0 Å². The van der Waals surface area contributed by atoms with E-state index in [4.69, 9.17) is 37.9 Å². The molecule has 83 heavy (non-hydrogen) atoms. The summed E-state index contributed by atoms with van der Waals surface area (Å²) in [6.45, 7) is 19.3. The molecule has 0 aromatic rings. The monoisotopic (exact) mass is 1160 g/mol. The minimum Gasteiger partial charge on any atom is -0.465 e. The van der Waals surface area contributed by atoms with Crippen LogP contribution in [0.5, 0.6) is 0 Å². The fourth-order valence-electron chi connectivity index (χ4n) is 13.3. The molecule has 8 heterocycles. The first-order valence-corrected chi connectivity index (χ1v) is 33.8. The number of carbonyl (C=O) groups is 4. The van der Waals surface area contributed by atoms with Crippen LogP contribution in [0.2, 0.25) is 0 Å². The maximum atomic E-state index is 12.2. The zero-order chi connectivity index (χ0) is 59.3. The quantitative estimate of drug-likeness (QED) is 0.0274. The zero-order valence-electron chi connectivity index (χ0n) is 52.7. The topological polar surface area (TPSA) is 142 Å². The van der Waals surface area contributed by atoms with Gasteiger partial charge in [-0.15, -0.1) is 0 Å². The van der Waals surface area contributed by atoms with E-state index in [0.29, 0.717) is 26.4 Å². The summed E-state index contributed by atoms with van der Waals surface area (Å²) in [4.78, 5) is 48.0. The minimum atomic E-state index is -0.0900. The number of hydrogen-bond donors (Lipinski definition) is 0. The van der Waals surface area contributed by atoms with Crippen LogP contribution in [0.15, 0.2) is 72.9 Å². The number of rotatable bonds is 32. The number of hydrogen-bond acceptors (Lipinski definition) is 12. The average Bonchev–Trinajstić information content (AvgIpc) is 3.62. The molecule has 10 bridgehead atoms. The van der Waals surface area contributed by atoms with Crippen molar-refractivity contribution in [3.8, 4) is 0 Å². The summed E-state index contributed by atoms with van der Waals surface area (Å²) in [6, 6.07) is 0. The van der Waals surface area contributed by atoms with E-state index >= 15 is 0 Å². The fourth-order valence-corrected chi connectivity index (χ4v) is 13.3. The Labute approximate surface area is 502 Å². The van der Waals surface area contributed by atoms with E-state index in [1.165, 1.54) is 122 Å². The second-order valence-corrected chi connectivity index (χ2v) is 25.4. The minimum absolute atomic E-state index is 0.0425. The van der Waals surface area contributed by atoms with Gasteiger partial charge in [-0.05, 0) is 43.9 Å². The third-order valence-electron chi connectivity index (χ3n) is 18.8. The number of unbranched alkanes of at least 4 members (excludes halogenated alkanes) is 20. The van der Waals surface area contributed by atoms with Crippen molar-refractivity contribution in [2.75, 3.05) is 26.4 Å². The molecule has 16 atom stereocenters. The zero-order valence-corrected chi connectivity index (χ0v) is 52.7. The Bertz CT molecular complexity index is 2060. The van der Waals surface area contributed by atoms with Gasteiger partial charge in [-0.1, -0.05) is 257 Å². The van der Waals surface area contributed by atoms with Crippen LogP contribution in [0.4, 0.5) is 0 Å². The van der Waals surface area contributed by atoms with Gasteiger partial charge in [-0.3, -0.25) is 19.2 Å². The summed E-state index contributed by atoms with van der Waals surface area (Å²) < 4.78 is 44.2. The van der Waals surface area contributed by atoms with Crippen LogP contribution in [-0.4, -0.2) is 99.1 Å². The Balaban J connectivity index is 0.000000172. The van der Waals surface area contributed by atoms with Gasteiger partial charge in [0.25, 0.3) is 0 Å². The maximum absolute atomic E-state index is 12.2. The molecule has 2 aliphatic carbocycles. The van der Waals surface area contributed by atoms with Gasteiger partial charge in [0.1, 0.15) is 0 Å². The lowest BCUT2D eigenvalue weighted by Crippen LogP contribution is -2.31. The van der Waals surface area contributed by atoms with Crippen molar-refractivity contribution < 1.29 is 57.1 Å². The largest absolute Gasteiger partial charge is 0.465 e. The molecule has 0 aromatic carbocycles.